The summed E-state index contributed by atoms with van der Waals surface area (Å²) in [7, 11) is 0. The molecule has 164 valence electrons. The second kappa shape index (κ2) is 9.45. The van der Waals surface area contributed by atoms with Gasteiger partial charge in [0, 0.05) is 19.6 Å². The van der Waals surface area contributed by atoms with Crippen molar-refractivity contribution in [3.63, 3.8) is 0 Å². The van der Waals surface area contributed by atoms with E-state index in [0.29, 0.717) is 42.7 Å². The topological polar surface area (TPSA) is 53.0 Å². The Hall–Kier alpha value is -1.97. The molecule has 1 unspecified atom stereocenters. The number of alkyl halides is 3. The monoisotopic (exact) mass is 442 g/mol. The van der Waals surface area contributed by atoms with Crippen molar-refractivity contribution in [3.8, 4) is 0 Å². The molecule has 2 aliphatic rings. The van der Waals surface area contributed by atoms with Crippen LogP contribution in [0.1, 0.15) is 25.0 Å². The number of hydrogen-bond donors (Lipinski definition) is 1. The number of hydrogen-bond acceptors (Lipinski definition) is 5. The fourth-order valence-corrected chi connectivity index (χ4v) is 4.81. The van der Waals surface area contributed by atoms with Gasteiger partial charge in [0.15, 0.2) is 0 Å². The van der Waals surface area contributed by atoms with E-state index in [0.717, 1.165) is 6.07 Å². The molecule has 1 aromatic rings. The Morgan fingerprint density at radius 1 is 1.27 bits per heavy atom. The SMILES string of the molecule is CCSC1=C(C(=O)O)C(C)=CC(N2CCOCC2)N1Cc1ccccc1C(F)(F)F. The van der Waals surface area contributed by atoms with Crippen LogP contribution in [0.25, 0.3) is 0 Å². The summed E-state index contributed by atoms with van der Waals surface area (Å²) >= 11 is 1.35. The Balaban J connectivity index is 2.08. The van der Waals surface area contributed by atoms with E-state index in [2.05, 4.69) is 4.90 Å². The number of rotatable bonds is 6. The van der Waals surface area contributed by atoms with Gasteiger partial charge in [-0.15, -0.1) is 11.8 Å². The number of carboxylic acids is 1. The molecule has 0 aliphatic carbocycles. The van der Waals surface area contributed by atoms with Crippen LogP contribution in [-0.2, 0) is 22.3 Å². The Morgan fingerprint density at radius 3 is 2.53 bits per heavy atom. The van der Waals surface area contributed by atoms with E-state index >= 15 is 0 Å². The van der Waals surface area contributed by atoms with Gasteiger partial charge < -0.3 is 14.7 Å². The van der Waals surface area contributed by atoms with Gasteiger partial charge in [0.1, 0.15) is 6.17 Å². The Labute approximate surface area is 178 Å². The summed E-state index contributed by atoms with van der Waals surface area (Å²) in [5.41, 5.74) is 0.191. The lowest BCUT2D eigenvalue weighted by atomic mass is 10.0. The first-order valence-electron chi connectivity index (χ1n) is 9.76. The predicted octanol–water partition coefficient (Wildman–Crippen LogP) is 4.17. The maximum atomic E-state index is 13.6. The summed E-state index contributed by atoms with van der Waals surface area (Å²) in [6.45, 7) is 5.91. The molecular weight excluding hydrogens is 417 g/mol. The molecule has 9 heteroatoms. The summed E-state index contributed by atoms with van der Waals surface area (Å²) in [4.78, 5) is 15.9. The molecule has 1 fully saturated rings. The third kappa shape index (κ3) is 4.84. The maximum Gasteiger partial charge on any atom is 0.416 e. The average molecular weight is 443 g/mol. The van der Waals surface area contributed by atoms with Gasteiger partial charge in [0.25, 0.3) is 0 Å². The van der Waals surface area contributed by atoms with Gasteiger partial charge >= 0.3 is 12.1 Å². The van der Waals surface area contributed by atoms with E-state index in [9.17, 15) is 23.1 Å². The number of morpholine rings is 1. The highest BCUT2D eigenvalue weighted by molar-refractivity contribution is 8.03. The number of carboxylic acid groups (broad SMARTS) is 1. The third-order valence-corrected chi connectivity index (χ3v) is 6.17. The molecule has 30 heavy (non-hydrogen) atoms. The molecular formula is C21H25F3N2O3S. The highest BCUT2D eigenvalue weighted by Gasteiger charge is 2.37. The van der Waals surface area contributed by atoms with Gasteiger partial charge in [0.2, 0.25) is 0 Å². The van der Waals surface area contributed by atoms with Crippen LogP contribution in [0.15, 0.2) is 46.5 Å². The first-order chi connectivity index (χ1) is 14.2. The lowest BCUT2D eigenvalue weighted by Gasteiger charge is -2.44. The predicted molar refractivity (Wildman–Crippen MR) is 110 cm³/mol. The van der Waals surface area contributed by atoms with Crippen LogP contribution in [0.4, 0.5) is 13.2 Å². The summed E-state index contributed by atoms with van der Waals surface area (Å²) in [6.07, 6.45) is -2.98. The highest BCUT2D eigenvalue weighted by Crippen LogP contribution is 2.39. The van der Waals surface area contributed by atoms with E-state index in [-0.39, 0.29) is 23.8 Å². The first-order valence-corrected chi connectivity index (χ1v) is 10.7. The maximum absolute atomic E-state index is 13.6. The van der Waals surface area contributed by atoms with Crippen molar-refractivity contribution < 1.29 is 27.8 Å². The molecule has 0 bridgehead atoms. The Kier molecular flexibility index (Phi) is 7.15. The molecule has 5 nitrogen and oxygen atoms in total. The van der Waals surface area contributed by atoms with Gasteiger partial charge in [-0.25, -0.2) is 4.79 Å². The van der Waals surface area contributed by atoms with Crippen molar-refractivity contribution in [2.75, 3.05) is 32.1 Å². The number of aliphatic carboxylic acids is 1. The van der Waals surface area contributed by atoms with Crippen molar-refractivity contribution >= 4 is 17.7 Å². The smallest absolute Gasteiger partial charge is 0.416 e. The quantitative estimate of drug-likeness (QED) is 0.714. The Bertz CT molecular complexity index is 848. The molecule has 2 aliphatic heterocycles. The van der Waals surface area contributed by atoms with Crippen LogP contribution in [0.5, 0.6) is 0 Å². The molecule has 1 saturated heterocycles. The van der Waals surface area contributed by atoms with Gasteiger partial charge in [-0.2, -0.15) is 13.2 Å². The summed E-state index contributed by atoms with van der Waals surface area (Å²) < 4.78 is 46.2. The van der Waals surface area contributed by atoms with E-state index in [1.807, 2.05) is 13.0 Å². The van der Waals surface area contributed by atoms with Crippen LogP contribution >= 0.6 is 11.8 Å². The fourth-order valence-electron chi connectivity index (χ4n) is 3.81. The van der Waals surface area contributed by atoms with Gasteiger partial charge in [0.05, 0.1) is 29.4 Å². The van der Waals surface area contributed by atoms with Gasteiger partial charge in [-0.05, 0) is 36.0 Å². The zero-order chi connectivity index (χ0) is 21.9. The van der Waals surface area contributed by atoms with Crippen molar-refractivity contribution in [1.29, 1.82) is 0 Å². The molecule has 0 aromatic heterocycles. The second-order valence-electron chi connectivity index (χ2n) is 7.11. The van der Waals surface area contributed by atoms with Crippen molar-refractivity contribution in [2.45, 2.75) is 32.7 Å². The zero-order valence-electron chi connectivity index (χ0n) is 16.9. The van der Waals surface area contributed by atoms with E-state index in [4.69, 9.17) is 4.74 Å². The molecule has 1 atom stereocenters. The van der Waals surface area contributed by atoms with Crippen molar-refractivity contribution in [2.24, 2.45) is 0 Å². The van der Waals surface area contributed by atoms with Crippen LogP contribution in [0, 0.1) is 0 Å². The molecule has 0 radical (unpaired) electrons. The second-order valence-corrected chi connectivity index (χ2v) is 8.37. The minimum absolute atomic E-state index is 0.0411. The normalized spacial score (nSPS) is 21.0. The zero-order valence-corrected chi connectivity index (χ0v) is 17.7. The molecule has 1 N–H and O–H groups in total. The Morgan fingerprint density at radius 2 is 1.93 bits per heavy atom. The molecule has 2 heterocycles. The summed E-state index contributed by atoms with van der Waals surface area (Å²) in [6, 6.07) is 5.47. The fraction of sp³-hybridized carbons (Fsp3) is 0.476. The van der Waals surface area contributed by atoms with E-state index < -0.39 is 17.7 Å². The number of ether oxygens (including phenoxy) is 1. The van der Waals surface area contributed by atoms with Crippen LogP contribution in [-0.4, -0.2) is 59.1 Å². The number of thioether (sulfide) groups is 1. The van der Waals surface area contributed by atoms with Gasteiger partial charge in [-0.3, -0.25) is 4.90 Å². The standard InChI is InChI=1S/C21H25F3N2O3S/c1-3-30-19-18(20(27)28)14(2)12-17(25-8-10-29-11-9-25)26(19)13-15-6-4-5-7-16(15)21(22,23)24/h4-7,12,17H,3,8-11,13H2,1-2H3,(H,27,28). The van der Waals surface area contributed by atoms with Crippen LogP contribution in [0.2, 0.25) is 0 Å². The minimum Gasteiger partial charge on any atom is -0.478 e. The lowest BCUT2D eigenvalue weighted by Crippen LogP contribution is -2.52. The average Bonchev–Trinajstić information content (AvgIpc) is 2.70. The lowest BCUT2D eigenvalue weighted by molar-refractivity contribution is -0.138. The van der Waals surface area contributed by atoms with Crippen molar-refractivity contribution in [3.05, 3.63) is 57.6 Å². The van der Waals surface area contributed by atoms with Gasteiger partial charge in [-0.1, -0.05) is 25.1 Å². The van der Waals surface area contributed by atoms with E-state index in [1.165, 1.54) is 23.9 Å². The first kappa shape index (κ1) is 22.7. The van der Waals surface area contributed by atoms with E-state index in [1.54, 1.807) is 17.9 Å². The largest absolute Gasteiger partial charge is 0.478 e. The highest BCUT2D eigenvalue weighted by atomic mass is 32.2. The third-order valence-electron chi connectivity index (χ3n) is 5.17. The number of halogens is 3. The molecule has 0 saturated carbocycles. The number of benzene rings is 1. The van der Waals surface area contributed by atoms with Crippen LogP contribution < -0.4 is 0 Å². The van der Waals surface area contributed by atoms with Crippen molar-refractivity contribution in [1.82, 2.24) is 9.80 Å². The summed E-state index contributed by atoms with van der Waals surface area (Å²) in [5.74, 6) is -0.471. The number of carbonyl (C=O) groups is 1. The molecule has 0 amide bonds. The molecule has 1 aromatic carbocycles. The number of nitrogens with zero attached hydrogens (tertiary/aromatic N) is 2. The molecule has 0 spiro atoms. The summed E-state index contributed by atoms with van der Waals surface area (Å²) in [5, 5.41) is 10.3. The van der Waals surface area contributed by atoms with Crippen LogP contribution in [0.3, 0.4) is 0 Å². The minimum atomic E-state index is -4.48. The molecule has 3 rings (SSSR count).